The molecular formula is C16H20N2OS. The molecule has 1 fully saturated rings. The lowest BCUT2D eigenvalue weighted by Gasteiger charge is -2.29. The minimum absolute atomic E-state index is 0.740. The van der Waals surface area contributed by atoms with E-state index in [4.69, 9.17) is 4.74 Å². The van der Waals surface area contributed by atoms with Crippen molar-refractivity contribution in [2.24, 2.45) is 0 Å². The summed E-state index contributed by atoms with van der Waals surface area (Å²) in [4.78, 5) is 2.41. The highest BCUT2D eigenvalue weighted by molar-refractivity contribution is 7.07. The van der Waals surface area contributed by atoms with Gasteiger partial charge in [-0.05, 0) is 46.7 Å². The Bertz CT molecular complexity index is 504. The summed E-state index contributed by atoms with van der Waals surface area (Å²) in [7, 11) is 0. The van der Waals surface area contributed by atoms with Gasteiger partial charge in [0, 0.05) is 38.3 Å². The van der Waals surface area contributed by atoms with Crippen LogP contribution in [0, 0.1) is 0 Å². The van der Waals surface area contributed by atoms with Crippen molar-refractivity contribution in [3.63, 3.8) is 0 Å². The Balaban J connectivity index is 1.50. The molecule has 20 heavy (non-hydrogen) atoms. The summed E-state index contributed by atoms with van der Waals surface area (Å²) in [5, 5.41) is 7.66. The minimum atomic E-state index is 0.740. The zero-order chi connectivity index (χ0) is 13.6. The molecule has 1 saturated heterocycles. The highest BCUT2D eigenvalue weighted by Gasteiger charge is 2.09. The van der Waals surface area contributed by atoms with E-state index in [0.29, 0.717) is 0 Å². The quantitative estimate of drug-likeness (QED) is 0.915. The second-order valence-corrected chi connectivity index (χ2v) is 5.74. The molecule has 4 heteroatoms. The second kappa shape index (κ2) is 6.77. The van der Waals surface area contributed by atoms with Gasteiger partial charge in [-0.3, -0.25) is 0 Å². The van der Waals surface area contributed by atoms with E-state index >= 15 is 0 Å². The third-order valence-electron chi connectivity index (χ3n) is 3.56. The third-order valence-corrected chi connectivity index (χ3v) is 4.29. The number of hydrogen-bond donors (Lipinski definition) is 1. The molecule has 2 aromatic rings. The maximum atomic E-state index is 5.80. The SMILES string of the molecule is c1cc(CCOc2ccc(N3CCNCC3)cc2)cs1. The molecule has 1 aliphatic rings. The van der Waals surface area contributed by atoms with Crippen LogP contribution in [0.1, 0.15) is 5.56 Å². The Morgan fingerprint density at radius 2 is 1.90 bits per heavy atom. The third kappa shape index (κ3) is 3.52. The lowest BCUT2D eigenvalue weighted by molar-refractivity contribution is 0.322. The number of anilines is 1. The Labute approximate surface area is 124 Å². The number of rotatable bonds is 5. The number of ether oxygens (including phenoxy) is 1. The zero-order valence-electron chi connectivity index (χ0n) is 11.5. The topological polar surface area (TPSA) is 24.5 Å². The van der Waals surface area contributed by atoms with Crippen molar-refractivity contribution in [3.8, 4) is 5.75 Å². The molecule has 0 spiro atoms. The van der Waals surface area contributed by atoms with Crippen molar-refractivity contribution in [1.82, 2.24) is 5.32 Å². The minimum Gasteiger partial charge on any atom is -0.493 e. The van der Waals surface area contributed by atoms with Crippen molar-refractivity contribution in [3.05, 3.63) is 46.7 Å². The largest absolute Gasteiger partial charge is 0.493 e. The van der Waals surface area contributed by atoms with E-state index < -0.39 is 0 Å². The molecule has 1 aromatic carbocycles. The van der Waals surface area contributed by atoms with Crippen LogP contribution in [0.25, 0.3) is 0 Å². The first kappa shape index (κ1) is 13.5. The summed E-state index contributed by atoms with van der Waals surface area (Å²) in [5.41, 5.74) is 2.64. The molecule has 1 aliphatic heterocycles. The van der Waals surface area contributed by atoms with Crippen LogP contribution in [0.3, 0.4) is 0 Å². The first-order valence-electron chi connectivity index (χ1n) is 7.11. The van der Waals surface area contributed by atoms with Crippen LogP contribution in [-0.2, 0) is 6.42 Å². The Hall–Kier alpha value is -1.52. The maximum Gasteiger partial charge on any atom is 0.119 e. The van der Waals surface area contributed by atoms with Gasteiger partial charge in [-0.1, -0.05) is 0 Å². The molecule has 2 heterocycles. The van der Waals surface area contributed by atoms with E-state index in [9.17, 15) is 0 Å². The van der Waals surface area contributed by atoms with Crippen molar-refractivity contribution in [2.75, 3.05) is 37.7 Å². The Kier molecular flexibility index (Phi) is 4.56. The molecule has 0 bridgehead atoms. The van der Waals surface area contributed by atoms with Gasteiger partial charge in [-0.25, -0.2) is 0 Å². The molecule has 3 nitrogen and oxygen atoms in total. The monoisotopic (exact) mass is 288 g/mol. The fraction of sp³-hybridized carbons (Fsp3) is 0.375. The van der Waals surface area contributed by atoms with Gasteiger partial charge in [0.25, 0.3) is 0 Å². The first-order valence-corrected chi connectivity index (χ1v) is 8.06. The van der Waals surface area contributed by atoms with Gasteiger partial charge in [0.05, 0.1) is 6.61 Å². The van der Waals surface area contributed by atoms with Crippen molar-refractivity contribution in [1.29, 1.82) is 0 Å². The Morgan fingerprint density at radius 3 is 2.60 bits per heavy atom. The van der Waals surface area contributed by atoms with E-state index in [1.807, 2.05) is 0 Å². The summed E-state index contributed by atoms with van der Waals surface area (Å²) < 4.78 is 5.80. The molecule has 1 aromatic heterocycles. The van der Waals surface area contributed by atoms with Gasteiger partial charge in [0.2, 0.25) is 0 Å². The standard InChI is InChI=1S/C16H20N2OS/c1-3-16(19-11-5-14-6-12-20-13-14)4-2-15(1)18-9-7-17-8-10-18/h1-4,6,12-13,17H,5,7-11H2. The molecule has 1 N–H and O–H groups in total. The maximum absolute atomic E-state index is 5.80. The predicted molar refractivity (Wildman–Crippen MR) is 85.0 cm³/mol. The second-order valence-electron chi connectivity index (χ2n) is 4.96. The average molecular weight is 288 g/mol. The number of hydrogen-bond acceptors (Lipinski definition) is 4. The number of benzene rings is 1. The molecule has 0 saturated carbocycles. The van der Waals surface area contributed by atoms with Crippen LogP contribution in [0.2, 0.25) is 0 Å². The van der Waals surface area contributed by atoms with E-state index in [1.165, 1.54) is 11.3 Å². The van der Waals surface area contributed by atoms with Gasteiger partial charge in [0.15, 0.2) is 0 Å². The van der Waals surface area contributed by atoms with Crippen LogP contribution >= 0.6 is 11.3 Å². The number of nitrogens with one attached hydrogen (secondary N) is 1. The van der Waals surface area contributed by atoms with Crippen LogP contribution in [0.15, 0.2) is 41.1 Å². The van der Waals surface area contributed by atoms with E-state index in [1.54, 1.807) is 11.3 Å². The fourth-order valence-electron chi connectivity index (χ4n) is 2.40. The van der Waals surface area contributed by atoms with Gasteiger partial charge >= 0.3 is 0 Å². The molecule has 0 atom stereocenters. The van der Waals surface area contributed by atoms with Crippen LogP contribution in [0.5, 0.6) is 5.75 Å². The predicted octanol–water partition coefficient (Wildman–Crippen LogP) is 2.78. The molecule has 0 unspecified atom stereocenters. The summed E-state index contributed by atoms with van der Waals surface area (Å²) in [5.74, 6) is 0.958. The van der Waals surface area contributed by atoms with E-state index in [-0.39, 0.29) is 0 Å². The van der Waals surface area contributed by atoms with E-state index in [2.05, 4.69) is 51.3 Å². The normalized spacial score (nSPS) is 15.3. The van der Waals surface area contributed by atoms with E-state index in [0.717, 1.165) is 45.0 Å². The van der Waals surface area contributed by atoms with Gasteiger partial charge in [0.1, 0.15) is 5.75 Å². The highest BCUT2D eigenvalue weighted by atomic mass is 32.1. The number of thiophene rings is 1. The Morgan fingerprint density at radius 1 is 1.10 bits per heavy atom. The summed E-state index contributed by atoms with van der Waals surface area (Å²) in [6.07, 6.45) is 0.975. The van der Waals surface area contributed by atoms with Crippen LogP contribution in [0.4, 0.5) is 5.69 Å². The zero-order valence-corrected chi connectivity index (χ0v) is 12.4. The number of piperazine rings is 1. The first-order chi connectivity index (χ1) is 9.92. The molecule has 3 rings (SSSR count). The van der Waals surface area contributed by atoms with Gasteiger partial charge in [-0.2, -0.15) is 11.3 Å². The summed E-state index contributed by atoms with van der Waals surface area (Å²) in [6.45, 7) is 5.04. The smallest absolute Gasteiger partial charge is 0.119 e. The molecular weight excluding hydrogens is 268 g/mol. The summed E-state index contributed by atoms with van der Waals surface area (Å²) in [6, 6.07) is 10.6. The number of nitrogens with zero attached hydrogens (tertiary/aromatic N) is 1. The summed E-state index contributed by atoms with van der Waals surface area (Å²) >= 11 is 1.74. The highest BCUT2D eigenvalue weighted by Crippen LogP contribution is 2.20. The van der Waals surface area contributed by atoms with Crippen LogP contribution < -0.4 is 15.0 Å². The average Bonchev–Trinajstić information content (AvgIpc) is 3.02. The molecule has 0 radical (unpaired) electrons. The molecule has 106 valence electrons. The lowest BCUT2D eigenvalue weighted by Crippen LogP contribution is -2.43. The van der Waals surface area contributed by atoms with Crippen molar-refractivity contribution >= 4 is 17.0 Å². The lowest BCUT2D eigenvalue weighted by atomic mass is 10.2. The molecule has 0 amide bonds. The van der Waals surface area contributed by atoms with Crippen molar-refractivity contribution in [2.45, 2.75) is 6.42 Å². The fourth-order valence-corrected chi connectivity index (χ4v) is 3.10. The van der Waals surface area contributed by atoms with Crippen molar-refractivity contribution < 1.29 is 4.74 Å². The van der Waals surface area contributed by atoms with Gasteiger partial charge < -0.3 is 15.0 Å². The van der Waals surface area contributed by atoms with Crippen LogP contribution in [-0.4, -0.2) is 32.8 Å². The molecule has 0 aliphatic carbocycles. The van der Waals surface area contributed by atoms with Gasteiger partial charge in [-0.15, -0.1) is 0 Å².